The van der Waals surface area contributed by atoms with Gasteiger partial charge in [0.25, 0.3) is 0 Å². The van der Waals surface area contributed by atoms with E-state index < -0.39 is 29.1 Å². The molecule has 118 valence electrons. The first-order valence-corrected chi connectivity index (χ1v) is 6.73. The number of fused-ring (bicyclic) bond motifs is 1. The number of pyridine rings is 1. The van der Waals surface area contributed by atoms with Crippen LogP contribution in [0, 0.1) is 11.6 Å². The normalized spacial score (nSPS) is 12.4. The largest absolute Gasteiger partial charge is 0.462 e. The number of carbonyl (C=O) groups excluding carboxylic acids is 1. The van der Waals surface area contributed by atoms with Crippen molar-refractivity contribution >= 4 is 16.9 Å². The molecule has 0 aliphatic carbocycles. The number of aromatic nitrogens is 1. The summed E-state index contributed by atoms with van der Waals surface area (Å²) in [5, 5.41) is 9.13. The molecule has 0 unspecified atom stereocenters. The third-order valence-corrected chi connectivity index (χ3v) is 3.32. The minimum Gasteiger partial charge on any atom is -0.462 e. The molecule has 1 aromatic heterocycles. The maximum atomic E-state index is 14.1. The van der Waals surface area contributed by atoms with Crippen molar-refractivity contribution in [3.8, 4) is 0 Å². The van der Waals surface area contributed by atoms with E-state index in [1.807, 2.05) is 0 Å². The number of halogens is 2. The highest BCUT2D eigenvalue weighted by Gasteiger charge is 2.21. The predicted octanol–water partition coefficient (Wildman–Crippen LogP) is 2.01. The number of aliphatic hydroxyl groups is 1. The third kappa shape index (κ3) is 2.59. The van der Waals surface area contributed by atoms with Crippen LogP contribution in [0.3, 0.4) is 0 Å². The van der Waals surface area contributed by atoms with Crippen LogP contribution in [0.5, 0.6) is 0 Å². The van der Waals surface area contributed by atoms with Crippen molar-refractivity contribution < 1.29 is 23.4 Å². The highest BCUT2D eigenvalue weighted by atomic mass is 19.2. The minimum atomic E-state index is -1.20. The Morgan fingerprint density at radius 1 is 1.41 bits per heavy atom. The molecular formula is C15H15F2NO4. The van der Waals surface area contributed by atoms with E-state index in [9.17, 15) is 23.5 Å². The second-order valence-electron chi connectivity index (χ2n) is 4.79. The fourth-order valence-electron chi connectivity index (χ4n) is 2.17. The summed E-state index contributed by atoms with van der Waals surface area (Å²) in [4.78, 5) is 24.2. The molecule has 0 radical (unpaired) electrons. The number of esters is 1. The van der Waals surface area contributed by atoms with Crippen molar-refractivity contribution in [2.45, 2.75) is 19.9 Å². The molecule has 22 heavy (non-hydrogen) atoms. The number of carbonyl (C=O) groups is 1. The van der Waals surface area contributed by atoms with Gasteiger partial charge >= 0.3 is 5.97 Å². The molecule has 0 amide bonds. The molecule has 0 aliphatic heterocycles. The molecule has 0 spiro atoms. The third-order valence-electron chi connectivity index (χ3n) is 3.32. The number of ether oxygens (including phenoxy) is 1. The van der Waals surface area contributed by atoms with Gasteiger partial charge in [0.1, 0.15) is 5.56 Å². The smallest absolute Gasteiger partial charge is 0.343 e. The Hall–Kier alpha value is -2.28. The number of benzene rings is 1. The Morgan fingerprint density at radius 2 is 2.09 bits per heavy atom. The van der Waals surface area contributed by atoms with E-state index in [1.165, 1.54) is 4.57 Å². The molecule has 0 aliphatic rings. The van der Waals surface area contributed by atoms with Crippen molar-refractivity contribution in [1.29, 1.82) is 0 Å². The summed E-state index contributed by atoms with van der Waals surface area (Å²) >= 11 is 0. The van der Waals surface area contributed by atoms with Crippen LogP contribution < -0.4 is 5.43 Å². The fraction of sp³-hybridized carbons (Fsp3) is 0.333. The molecule has 5 nitrogen and oxygen atoms in total. The lowest BCUT2D eigenvalue weighted by molar-refractivity contribution is 0.0523. The van der Waals surface area contributed by atoms with Crippen molar-refractivity contribution in [3.63, 3.8) is 0 Å². The summed E-state index contributed by atoms with van der Waals surface area (Å²) in [5.74, 6) is -3.17. The summed E-state index contributed by atoms with van der Waals surface area (Å²) in [6.45, 7) is 2.83. The van der Waals surface area contributed by atoms with Crippen molar-refractivity contribution in [2.24, 2.45) is 0 Å². The number of rotatable bonds is 4. The van der Waals surface area contributed by atoms with Gasteiger partial charge in [0, 0.05) is 11.6 Å². The molecule has 0 bridgehead atoms. The van der Waals surface area contributed by atoms with Gasteiger partial charge in [-0.05, 0) is 26.0 Å². The molecular weight excluding hydrogens is 296 g/mol. The van der Waals surface area contributed by atoms with Crippen LogP contribution in [0.2, 0.25) is 0 Å². The van der Waals surface area contributed by atoms with E-state index >= 15 is 0 Å². The fourth-order valence-corrected chi connectivity index (χ4v) is 2.17. The van der Waals surface area contributed by atoms with Crippen molar-refractivity contribution in [2.75, 3.05) is 13.2 Å². The lowest BCUT2D eigenvalue weighted by Crippen LogP contribution is -2.23. The molecule has 0 fully saturated rings. The Labute approximate surface area is 124 Å². The first-order chi connectivity index (χ1) is 10.4. The summed E-state index contributed by atoms with van der Waals surface area (Å²) in [5.41, 5.74) is -1.33. The van der Waals surface area contributed by atoms with E-state index in [2.05, 4.69) is 0 Å². The Morgan fingerprint density at radius 3 is 2.68 bits per heavy atom. The van der Waals surface area contributed by atoms with Crippen LogP contribution in [0.25, 0.3) is 10.9 Å². The number of aliphatic hydroxyl groups excluding tert-OH is 1. The average Bonchev–Trinajstić information content (AvgIpc) is 2.50. The van der Waals surface area contributed by atoms with Gasteiger partial charge in [0.15, 0.2) is 11.6 Å². The van der Waals surface area contributed by atoms with E-state index in [4.69, 9.17) is 4.74 Å². The van der Waals surface area contributed by atoms with Gasteiger partial charge in [0.2, 0.25) is 5.43 Å². The topological polar surface area (TPSA) is 68.5 Å². The highest BCUT2D eigenvalue weighted by molar-refractivity contribution is 5.94. The van der Waals surface area contributed by atoms with Gasteiger partial charge in [-0.2, -0.15) is 0 Å². The monoisotopic (exact) mass is 311 g/mol. The molecule has 2 aromatic rings. The van der Waals surface area contributed by atoms with Crippen LogP contribution >= 0.6 is 0 Å². The Bertz CT molecular complexity index is 785. The number of hydrogen-bond donors (Lipinski definition) is 1. The lowest BCUT2D eigenvalue weighted by Gasteiger charge is -2.18. The van der Waals surface area contributed by atoms with E-state index in [0.717, 1.165) is 18.3 Å². The average molecular weight is 311 g/mol. The standard InChI is InChI=1S/C15H15F2NO4/c1-3-22-15(21)10-6-18(8(2)7-19)13-9(14(10)20)4-5-11(16)12(13)17/h4-6,8,19H,3,7H2,1-2H3/t8-/m0/s1. The van der Waals surface area contributed by atoms with Gasteiger partial charge < -0.3 is 14.4 Å². The van der Waals surface area contributed by atoms with Gasteiger partial charge in [-0.25, -0.2) is 13.6 Å². The van der Waals surface area contributed by atoms with Crippen molar-refractivity contribution in [3.05, 3.63) is 45.8 Å². The molecule has 1 atom stereocenters. The zero-order valence-electron chi connectivity index (χ0n) is 12.1. The van der Waals surface area contributed by atoms with E-state index in [1.54, 1.807) is 13.8 Å². The second kappa shape index (κ2) is 6.23. The molecule has 1 aromatic carbocycles. The maximum Gasteiger partial charge on any atom is 0.343 e. The lowest BCUT2D eigenvalue weighted by atomic mass is 10.1. The van der Waals surface area contributed by atoms with E-state index in [-0.39, 0.29) is 29.7 Å². The van der Waals surface area contributed by atoms with Gasteiger partial charge in [0.05, 0.1) is 24.8 Å². The van der Waals surface area contributed by atoms with Gasteiger partial charge in [-0.1, -0.05) is 0 Å². The van der Waals surface area contributed by atoms with Gasteiger partial charge in [-0.3, -0.25) is 4.79 Å². The predicted molar refractivity (Wildman–Crippen MR) is 75.9 cm³/mol. The second-order valence-corrected chi connectivity index (χ2v) is 4.79. The van der Waals surface area contributed by atoms with Crippen LogP contribution in [-0.4, -0.2) is 28.9 Å². The van der Waals surface area contributed by atoms with E-state index in [0.29, 0.717) is 0 Å². The van der Waals surface area contributed by atoms with Crippen LogP contribution in [0.1, 0.15) is 30.2 Å². The first-order valence-electron chi connectivity index (χ1n) is 6.73. The Kier molecular flexibility index (Phi) is 4.56. The van der Waals surface area contributed by atoms with Crippen molar-refractivity contribution in [1.82, 2.24) is 4.57 Å². The van der Waals surface area contributed by atoms with Crippen LogP contribution in [-0.2, 0) is 4.74 Å². The maximum absolute atomic E-state index is 14.1. The summed E-state index contributed by atoms with van der Waals surface area (Å²) in [7, 11) is 0. The van der Waals surface area contributed by atoms with Gasteiger partial charge in [-0.15, -0.1) is 0 Å². The highest BCUT2D eigenvalue weighted by Crippen LogP contribution is 2.22. The van der Waals surface area contributed by atoms with Crippen LogP contribution in [0.15, 0.2) is 23.1 Å². The Balaban J connectivity index is 2.88. The van der Waals surface area contributed by atoms with Crippen LogP contribution in [0.4, 0.5) is 8.78 Å². The molecule has 7 heteroatoms. The quantitative estimate of drug-likeness (QED) is 0.877. The minimum absolute atomic E-state index is 0.0731. The number of nitrogens with zero attached hydrogens (tertiary/aromatic N) is 1. The molecule has 2 rings (SSSR count). The molecule has 1 heterocycles. The SMILES string of the molecule is CCOC(=O)c1cn([C@@H](C)CO)c2c(F)c(F)ccc2c1=O. The zero-order chi connectivity index (χ0) is 16.4. The molecule has 1 N–H and O–H groups in total. The summed E-state index contributed by atoms with van der Waals surface area (Å²) < 4.78 is 33.5. The molecule has 0 saturated carbocycles. The zero-order valence-corrected chi connectivity index (χ0v) is 12.1. The number of hydrogen-bond acceptors (Lipinski definition) is 4. The molecule has 0 saturated heterocycles. The first kappa shape index (κ1) is 16.1. The summed E-state index contributed by atoms with van der Waals surface area (Å²) in [6.07, 6.45) is 1.09. The summed E-state index contributed by atoms with van der Waals surface area (Å²) in [6, 6.07) is 1.27.